The van der Waals surface area contributed by atoms with E-state index in [4.69, 9.17) is 23.2 Å². The van der Waals surface area contributed by atoms with Gasteiger partial charge in [-0.25, -0.2) is 0 Å². The van der Waals surface area contributed by atoms with Gasteiger partial charge in [-0.15, -0.1) is 0 Å². The number of nitrogens with zero attached hydrogens (tertiary/aromatic N) is 3. The van der Waals surface area contributed by atoms with Crippen molar-refractivity contribution in [3.05, 3.63) is 105 Å². The number of halogens is 2. The number of hydrogen-bond acceptors (Lipinski definition) is 4. The fraction of sp³-hybridized carbons (Fsp3) is 0.424. The highest BCUT2D eigenvalue weighted by molar-refractivity contribution is 6.42. The quantitative estimate of drug-likeness (QED) is 0.343. The van der Waals surface area contributed by atoms with Crippen molar-refractivity contribution in [1.82, 2.24) is 20.0 Å². The van der Waals surface area contributed by atoms with Crippen LogP contribution >= 0.6 is 23.2 Å². The number of amides is 1. The van der Waals surface area contributed by atoms with Gasteiger partial charge in [-0.1, -0.05) is 88.9 Å². The van der Waals surface area contributed by atoms with Crippen LogP contribution in [0.5, 0.6) is 0 Å². The van der Waals surface area contributed by atoms with Gasteiger partial charge in [0, 0.05) is 38.8 Å². The zero-order valence-corrected chi connectivity index (χ0v) is 25.1. The molecule has 5 rings (SSSR count). The molecule has 1 N–H and O–H groups in total. The maximum atomic E-state index is 13.6. The summed E-state index contributed by atoms with van der Waals surface area (Å²) in [6, 6.07) is 23.4. The summed E-state index contributed by atoms with van der Waals surface area (Å²) < 4.78 is 0. The van der Waals surface area contributed by atoms with Gasteiger partial charge >= 0.3 is 0 Å². The lowest BCUT2D eigenvalue weighted by Crippen LogP contribution is -2.53. The van der Waals surface area contributed by atoms with Gasteiger partial charge in [-0.3, -0.25) is 14.6 Å². The predicted molar refractivity (Wildman–Crippen MR) is 165 cm³/mol. The first-order valence-corrected chi connectivity index (χ1v) is 15.1. The summed E-state index contributed by atoms with van der Waals surface area (Å²) in [6.45, 7) is 10.9. The molecule has 2 aliphatic rings. The number of piperidine rings is 1. The summed E-state index contributed by atoms with van der Waals surface area (Å²) in [5, 5.41) is 4.64. The van der Waals surface area contributed by atoms with Crippen LogP contribution in [0.3, 0.4) is 0 Å². The molecule has 5 nitrogen and oxygen atoms in total. The van der Waals surface area contributed by atoms with E-state index >= 15 is 0 Å². The fourth-order valence-electron chi connectivity index (χ4n) is 6.18. The van der Waals surface area contributed by atoms with Crippen LogP contribution in [-0.4, -0.2) is 65.9 Å². The lowest BCUT2D eigenvalue weighted by atomic mass is 10.0. The highest BCUT2D eigenvalue weighted by atomic mass is 35.5. The van der Waals surface area contributed by atoms with Crippen LogP contribution in [0.1, 0.15) is 46.7 Å². The zero-order chi connectivity index (χ0) is 28.1. The van der Waals surface area contributed by atoms with E-state index in [9.17, 15) is 4.79 Å². The van der Waals surface area contributed by atoms with Crippen molar-refractivity contribution in [3.63, 3.8) is 0 Å². The predicted octanol–water partition coefficient (Wildman–Crippen LogP) is 6.25. The van der Waals surface area contributed by atoms with E-state index < -0.39 is 0 Å². The summed E-state index contributed by atoms with van der Waals surface area (Å²) in [6.07, 6.45) is 2.11. The third kappa shape index (κ3) is 7.65. The third-order valence-corrected chi connectivity index (χ3v) is 8.92. The zero-order valence-electron chi connectivity index (χ0n) is 23.6. The van der Waals surface area contributed by atoms with E-state index in [1.54, 1.807) is 0 Å². The van der Waals surface area contributed by atoms with E-state index in [0.717, 1.165) is 57.7 Å². The molecular formula is C33H40Cl2N4O. The van der Waals surface area contributed by atoms with Crippen molar-refractivity contribution in [2.24, 2.45) is 0 Å². The average molecular weight is 580 g/mol. The Balaban J connectivity index is 1.20. The Hall–Kier alpha value is -2.41. The molecule has 2 fully saturated rings. The summed E-state index contributed by atoms with van der Waals surface area (Å²) in [5.41, 5.74) is 6.25. The molecule has 1 atom stereocenters. The van der Waals surface area contributed by atoms with Crippen LogP contribution in [0, 0.1) is 13.8 Å². The van der Waals surface area contributed by atoms with Crippen molar-refractivity contribution in [2.45, 2.75) is 51.9 Å². The highest BCUT2D eigenvalue weighted by Crippen LogP contribution is 2.31. The SMILES string of the molecule is Cc1cc(C)cc(CN2CCN(C(=O)CNC3CCN(Cc4ccccc4)CC3)C(c3ccc(Cl)c(Cl)c3)C2)c1. The van der Waals surface area contributed by atoms with Gasteiger partial charge in [-0.2, -0.15) is 0 Å². The first-order valence-electron chi connectivity index (χ1n) is 14.4. The minimum atomic E-state index is -0.0727. The monoisotopic (exact) mass is 578 g/mol. The topological polar surface area (TPSA) is 38.8 Å². The Bertz CT molecular complexity index is 1270. The first kappa shape index (κ1) is 29.1. The molecule has 2 aliphatic heterocycles. The van der Waals surface area contributed by atoms with Gasteiger partial charge in [0.2, 0.25) is 5.91 Å². The summed E-state index contributed by atoms with van der Waals surface area (Å²) in [5.74, 6) is 0.147. The van der Waals surface area contributed by atoms with Crippen LogP contribution in [-0.2, 0) is 17.9 Å². The number of hydrogen-bond donors (Lipinski definition) is 1. The number of carbonyl (C=O) groups excluding carboxylic acids is 1. The molecule has 3 aromatic rings. The molecule has 0 spiro atoms. The Morgan fingerprint density at radius 1 is 0.800 bits per heavy atom. The lowest BCUT2D eigenvalue weighted by Gasteiger charge is -2.42. The van der Waals surface area contributed by atoms with Gasteiger partial charge in [-0.05, 0) is 68.6 Å². The standard InChI is InChI=1S/C33H40Cl2N4O/c1-24-16-25(2)18-27(17-24)22-38-14-15-39(32(23-38)28-8-9-30(34)31(35)19-28)33(40)20-36-29-10-12-37(13-11-29)21-26-6-4-3-5-7-26/h3-9,16-19,29,32,36H,10-15,20-23H2,1-2H3. The minimum Gasteiger partial charge on any atom is -0.332 e. The van der Waals surface area contributed by atoms with E-state index in [1.165, 1.54) is 22.3 Å². The van der Waals surface area contributed by atoms with Crippen LogP contribution in [0.25, 0.3) is 0 Å². The van der Waals surface area contributed by atoms with Crippen LogP contribution in [0.2, 0.25) is 10.0 Å². The van der Waals surface area contributed by atoms with Crippen LogP contribution < -0.4 is 5.32 Å². The number of benzene rings is 3. The smallest absolute Gasteiger partial charge is 0.237 e. The second kappa shape index (κ2) is 13.5. The molecule has 212 valence electrons. The molecule has 3 aromatic carbocycles. The lowest BCUT2D eigenvalue weighted by molar-refractivity contribution is -0.135. The molecular weight excluding hydrogens is 539 g/mol. The third-order valence-electron chi connectivity index (χ3n) is 8.18. The molecule has 0 saturated carbocycles. The first-order chi connectivity index (χ1) is 19.3. The average Bonchev–Trinajstić information content (AvgIpc) is 2.94. The van der Waals surface area contributed by atoms with E-state index in [-0.39, 0.29) is 11.9 Å². The van der Waals surface area contributed by atoms with E-state index in [1.807, 2.05) is 23.1 Å². The van der Waals surface area contributed by atoms with Gasteiger partial charge in [0.1, 0.15) is 0 Å². The number of carbonyl (C=O) groups is 1. The molecule has 0 aliphatic carbocycles. The maximum Gasteiger partial charge on any atom is 0.237 e. The summed E-state index contributed by atoms with van der Waals surface area (Å²) in [4.78, 5) is 20.6. The fourth-order valence-corrected chi connectivity index (χ4v) is 6.48. The number of likely N-dealkylation sites (tertiary alicyclic amines) is 1. The second-order valence-corrected chi connectivity index (χ2v) is 12.2. The molecule has 0 radical (unpaired) electrons. The molecule has 0 aromatic heterocycles. The Morgan fingerprint density at radius 2 is 1.50 bits per heavy atom. The number of aryl methyl sites for hydroxylation is 2. The van der Waals surface area contributed by atoms with E-state index in [0.29, 0.717) is 29.2 Å². The molecule has 1 unspecified atom stereocenters. The normalized spacial score (nSPS) is 19.2. The Labute approximate surface area is 249 Å². The van der Waals surface area contributed by atoms with Gasteiger partial charge in [0.25, 0.3) is 0 Å². The maximum absolute atomic E-state index is 13.6. The van der Waals surface area contributed by atoms with Crippen molar-refractivity contribution >= 4 is 29.1 Å². The van der Waals surface area contributed by atoms with Crippen LogP contribution in [0.4, 0.5) is 0 Å². The van der Waals surface area contributed by atoms with Gasteiger partial charge in [0.05, 0.1) is 22.6 Å². The van der Waals surface area contributed by atoms with Crippen LogP contribution in [0.15, 0.2) is 66.7 Å². The van der Waals surface area contributed by atoms with Gasteiger partial charge in [0.15, 0.2) is 0 Å². The molecule has 2 heterocycles. The van der Waals surface area contributed by atoms with Crippen molar-refractivity contribution in [1.29, 1.82) is 0 Å². The van der Waals surface area contributed by atoms with Crippen molar-refractivity contribution < 1.29 is 4.79 Å². The molecule has 1 amide bonds. The van der Waals surface area contributed by atoms with Crippen molar-refractivity contribution in [3.8, 4) is 0 Å². The number of piperazine rings is 1. The highest BCUT2D eigenvalue weighted by Gasteiger charge is 2.32. The summed E-state index contributed by atoms with van der Waals surface area (Å²) >= 11 is 12.7. The Morgan fingerprint density at radius 3 is 2.20 bits per heavy atom. The second-order valence-electron chi connectivity index (χ2n) is 11.4. The summed E-state index contributed by atoms with van der Waals surface area (Å²) in [7, 11) is 0. The van der Waals surface area contributed by atoms with E-state index in [2.05, 4.69) is 77.5 Å². The molecule has 40 heavy (non-hydrogen) atoms. The largest absolute Gasteiger partial charge is 0.332 e. The Kier molecular flexibility index (Phi) is 9.82. The van der Waals surface area contributed by atoms with Crippen molar-refractivity contribution in [2.75, 3.05) is 39.3 Å². The number of nitrogens with one attached hydrogen (secondary N) is 1. The number of rotatable bonds is 8. The molecule has 2 saturated heterocycles. The molecule has 7 heteroatoms. The molecule has 0 bridgehead atoms. The minimum absolute atomic E-state index is 0.0727. The van der Waals surface area contributed by atoms with Gasteiger partial charge < -0.3 is 10.2 Å².